The zero-order chi connectivity index (χ0) is 12.6. The molecule has 3 nitrogen and oxygen atoms in total. The molecule has 16 heavy (non-hydrogen) atoms. The van der Waals surface area contributed by atoms with Gasteiger partial charge >= 0.3 is 5.97 Å². The lowest BCUT2D eigenvalue weighted by Gasteiger charge is -2.28. The van der Waals surface area contributed by atoms with Crippen molar-refractivity contribution in [3.63, 3.8) is 0 Å². The number of terminal acetylenes is 1. The lowest BCUT2D eigenvalue weighted by molar-refractivity contribution is -0.150. The molecular weight excluding hydrogens is 202 g/mol. The van der Waals surface area contributed by atoms with Crippen molar-refractivity contribution < 1.29 is 9.53 Å². The summed E-state index contributed by atoms with van der Waals surface area (Å²) in [6.07, 6.45) is 6.91. The van der Waals surface area contributed by atoms with Crippen molar-refractivity contribution >= 4 is 5.97 Å². The molecule has 1 N–H and O–H groups in total. The van der Waals surface area contributed by atoms with Crippen LogP contribution in [0.15, 0.2) is 0 Å². The number of nitrogens with one attached hydrogen (secondary N) is 1. The molecule has 1 atom stereocenters. The Balaban J connectivity index is 4.47. The van der Waals surface area contributed by atoms with Crippen LogP contribution in [-0.4, -0.2) is 24.7 Å². The molecule has 0 aliphatic carbocycles. The summed E-state index contributed by atoms with van der Waals surface area (Å²) in [5.74, 6) is 2.83. The molecule has 0 spiro atoms. The smallest absolute Gasteiger partial charge is 0.326 e. The third kappa shape index (κ3) is 5.18. The topological polar surface area (TPSA) is 38.3 Å². The highest BCUT2D eigenvalue weighted by Crippen LogP contribution is 2.18. The van der Waals surface area contributed by atoms with E-state index in [1.54, 1.807) is 0 Å². The number of ether oxygens (including phenoxy) is 1. The second-order valence-electron chi connectivity index (χ2n) is 4.54. The Morgan fingerprint density at radius 1 is 1.56 bits per heavy atom. The van der Waals surface area contributed by atoms with Gasteiger partial charge in [0.25, 0.3) is 0 Å². The van der Waals surface area contributed by atoms with E-state index in [0.29, 0.717) is 19.1 Å². The van der Waals surface area contributed by atoms with Gasteiger partial charge in [0.2, 0.25) is 0 Å². The Bertz CT molecular complexity index is 255. The van der Waals surface area contributed by atoms with E-state index in [1.807, 2.05) is 13.8 Å². The van der Waals surface area contributed by atoms with E-state index in [4.69, 9.17) is 11.2 Å². The Labute approximate surface area is 98.9 Å². The van der Waals surface area contributed by atoms with Gasteiger partial charge in [-0.25, -0.2) is 0 Å². The van der Waals surface area contributed by atoms with Gasteiger partial charge in [-0.3, -0.25) is 10.1 Å². The Morgan fingerprint density at radius 2 is 2.19 bits per heavy atom. The number of rotatable bonds is 7. The minimum atomic E-state index is -0.660. The maximum absolute atomic E-state index is 11.8. The predicted octanol–water partition coefficient (Wildman–Crippen LogP) is 1.97. The van der Waals surface area contributed by atoms with Crippen molar-refractivity contribution in [2.75, 3.05) is 13.2 Å². The largest absolute Gasteiger partial charge is 0.465 e. The molecule has 92 valence electrons. The first-order chi connectivity index (χ1) is 7.46. The average molecular weight is 225 g/mol. The molecule has 0 radical (unpaired) electrons. The Morgan fingerprint density at radius 3 is 2.62 bits per heavy atom. The Hall–Kier alpha value is -1.01. The first kappa shape index (κ1) is 15.0. The van der Waals surface area contributed by atoms with Crippen molar-refractivity contribution in [2.24, 2.45) is 5.92 Å². The first-order valence-corrected chi connectivity index (χ1v) is 5.82. The maximum atomic E-state index is 11.8. The summed E-state index contributed by atoms with van der Waals surface area (Å²) >= 11 is 0. The van der Waals surface area contributed by atoms with Gasteiger partial charge in [-0.05, 0) is 32.6 Å². The highest BCUT2D eigenvalue weighted by Gasteiger charge is 2.33. The van der Waals surface area contributed by atoms with Crippen LogP contribution in [0.3, 0.4) is 0 Å². The van der Waals surface area contributed by atoms with Crippen LogP contribution in [-0.2, 0) is 9.53 Å². The average Bonchev–Trinajstić information content (AvgIpc) is 2.24. The predicted molar refractivity (Wildman–Crippen MR) is 65.9 cm³/mol. The summed E-state index contributed by atoms with van der Waals surface area (Å²) < 4.78 is 5.07. The van der Waals surface area contributed by atoms with Gasteiger partial charge < -0.3 is 4.74 Å². The molecule has 0 rings (SSSR count). The molecule has 0 aliphatic heterocycles. The molecule has 0 heterocycles. The van der Waals surface area contributed by atoms with E-state index >= 15 is 0 Å². The lowest BCUT2D eigenvalue weighted by atomic mass is 9.92. The number of esters is 1. The van der Waals surface area contributed by atoms with E-state index in [9.17, 15) is 4.79 Å². The van der Waals surface area contributed by atoms with Crippen LogP contribution in [0.1, 0.15) is 40.5 Å². The van der Waals surface area contributed by atoms with Crippen molar-refractivity contribution in [2.45, 2.75) is 46.1 Å². The summed E-state index contributed by atoms with van der Waals surface area (Å²) in [4.78, 5) is 11.8. The fourth-order valence-electron chi connectivity index (χ4n) is 1.38. The number of hydrogen-bond donors (Lipinski definition) is 1. The zero-order valence-electron chi connectivity index (χ0n) is 10.8. The SMILES string of the molecule is C#CCNC(C)(CCC(C)C)C(=O)OCC. The second-order valence-corrected chi connectivity index (χ2v) is 4.54. The van der Waals surface area contributed by atoms with Crippen molar-refractivity contribution in [1.82, 2.24) is 5.32 Å². The van der Waals surface area contributed by atoms with E-state index < -0.39 is 5.54 Å². The lowest BCUT2D eigenvalue weighted by Crippen LogP contribution is -2.50. The first-order valence-electron chi connectivity index (χ1n) is 5.82. The highest BCUT2D eigenvalue weighted by atomic mass is 16.5. The van der Waals surface area contributed by atoms with Gasteiger partial charge in [0.15, 0.2) is 0 Å². The molecule has 3 heteroatoms. The van der Waals surface area contributed by atoms with Crippen molar-refractivity contribution in [3.05, 3.63) is 0 Å². The summed E-state index contributed by atoms with van der Waals surface area (Å²) in [6.45, 7) is 8.70. The van der Waals surface area contributed by atoms with Gasteiger partial charge in [0.05, 0.1) is 13.2 Å². The highest BCUT2D eigenvalue weighted by molar-refractivity contribution is 5.80. The maximum Gasteiger partial charge on any atom is 0.326 e. The molecule has 0 saturated heterocycles. The van der Waals surface area contributed by atoms with Crippen LogP contribution in [0.5, 0.6) is 0 Å². The van der Waals surface area contributed by atoms with Gasteiger partial charge in [0, 0.05) is 0 Å². The zero-order valence-corrected chi connectivity index (χ0v) is 10.8. The molecule has 0 aromatic heterocycles. The van der Waals surface area contributed by atoms with E-state index in [0.717, 1.165) is 12.8 Å². The van der Waals surface area contributed by atoms with Gasteiger partial charge in [-0.2, -0.15) is 0 Å². The molecule has 0 saturated carbocycles. The summed E-state index contributed by atoms with van der Waals surface area (Å²) in [7, 11) is 0. The molecule has 0 bridgehead atoms. The van der Waals surface area contributed by atoms with Gasteiger partial charge in [-0.15, -0.1) is 6.42 Å². The van der Waals surface area contributed by atoms with Crippen molar-refractivity contribution in [1.29, 1.82) is 0 Å². The normalized spacial score (nSPS) is 14.2. The van der Waals surface area contributed by atoms with Crippen LogP contribution in [0.4, 0.5) is 0 Å². The molecule has 0 fully saturated rings. The Kier molecular flexibility index (Phi) is 6.83. The standard InChI is InChI=1S/C13H23NO2/c1-6-10-14-13(5,9-8-11(3)4)12(15)16-7-2/h1,11,14H,7-10H2,2-5H3. The molecule has 0 aliphatic rings. The number of carbonyl (C=O) groups is 1. The summed E-state index contributed by atoms with van der Waals surface area (Å²) in [5.41, 5.74) is -0.660. The minimum absolute atomic E-state index is 0.217. The molecule has 1 unspecified atom stereocenters. The quantitative estimate of drug-likeness (QED) is 0.532. The monoisotopic (exact) mass is 225 g/mol. The second kappa shape index (κ2) is 7.29. The summed E-state index contributed by atoms with van der Waals surface area (Å²) in [6, 6.07) is 0. The fraction of sp³-hybridized carbons (Fsp3) is 0.769. The van der Waals surface area contributed by atoms with Crippen LogP contribution in [0, 0.1) is 18.3 Å². The minimum Gasteiger partial charge on any atom is -0.465 e. The fourth-order valence-corrected chi connectivity index (χ4v) is 1.38. The van der Waals surface area contributed by atoms with Crippen LogP contribution in [0.25, 0.3) is 0 Å². The number of hydrogen-bond acceptors (Lipinski definition) is 3. The van der Waals surface area contributed by atoms with E-state index in [1.165, 1.54) is 0 Å². The van der Waals surface area contributed by atoms with Crippen molar-refractivity contribution in [3.8, 4) is 12.3 Å². The van der Waals surface area contributed by atoms with Crippen LogP contribution in [0.2, 0.25) is 0 Å². The van der Waals surface area contributed by atoms with E-state index in [2.05, 4.69) is 25.1 Å². The van der Waals surface area contributed by atoms with Crippen LogP contribution < -0.4 is 5.32 Å². The molecule has 0 aromatic rings. The van der Waals surface area contributed by atoms with E-state index in [-0.39, 0.29) is 5.97 Å². The molecule has 0 aromatic carbocycles. The van der Waals surface area contributed by atoms with Gasteiger partial charge in [-0.1, -0.05) is 19.8 Å². The van der Waals surface area contributed by atoms with Crippen LogP contribution >= 0.6 is 0 Å². The third-order valence-electron chi connectivity index (χ3n) is 2.53. The summed E-state index contributed by atoms with van der Waals surface area (Å²) in [5, 5.41) is 3.08. The number of carbonyl (C=O) groups excluding carboxylic acids is 1. The third-order valence-corrected chi connectivity index (χ3v) is 2.53. The molecular formula is C13H23NO2. The van der Waals surface area contributed by atoms with Gasteiger partial charge in [0.1, 0.15) is 5.54 Å². The molecule has 0 amide bonds.